The van der Waals surface area contributed by atoms with Crippen LogP contribution in [-0.4, -0.2) is 35.2 Å². The molecule has 0 aliphatic heterocycles. The number of rotatable bonds is 4. The van der Waals surface area contributed by atoms with E-state index in [0.29, 0.717) is 0 Å². The maximum Gasteiger partial charge on any atom is 0.358 e. The second-order valence-corrected chi connectivity index (χ2v) is 4.12. The maximum absolute atomic E-state index is 12.0. The van der Waals surface area contributed by atoms with Crippen LogP contribution >= 0.6 is 0 Å². The van der Waals surface area contributed by atoms with E-state index >= 15 is 0 Å². The summed E-state index contributed by atoms with van der Waals surface area (Å²) in [6, 6.07) is 0. The van der Waals surface area contributed by atoms with Gasteiger partial charge in [0.05, 0.1) is 0 Å². The Labute approximate surface area is 88.2 Å². The molecule has 1 aromatic rings. The monoisotopic (exact) mass is 253 g/mol. The first-order valence-electron chi connectivity index (χ1n) is 3.68. The quantitative estimate of drug-likeness (QED) is 0.789. The number of hydrogen-bond donors (Lipinski definition) is 2. The van der Waals surface area contributed by atoms with E-state index < -0.39 is 33.3 Å². The van der Waals surface area contributed by atoms with E-state index in [-0.39, 0.29) is 0 Å². The second-order valence-electron chi connectivity index (χ2n) is 2.47. The molecule has 0 aliphatic rings. The number of anilines is 1. The number of carbonyl (C=O) groups is 1. The highest BCUT2D eigenvalue weighted by Gasteiger charge is 2.26. The molecule has 16 heavy (non-hydrogen) atoms. The zero-order valence-corrected chi connectivity index (χ0v) is 8.28. The summed E-state index contributed by atoms with van der Waals surface area (Å²) in [5, 5.41) is 8.58. The molecule has 1 heterocycles. The zero-order valence-electron chi connectivity index (χ0n) is 7.46. The zero-order chi connectivity index (χ0) is 12.3. The molecule has 0 saturated heterocycles. The van der Waals surface area contributed by atoms with E-state index in [0.717, 1.165) is 12.4 Å². The molecule has 0 amide bonds. The number of hydrogen-bond acceptors (Lipinski definition) is 5. The molecule has 0 spiro atoms. The van der Waals surface area contributed by atoms with E-state index in [1.54, 1.807) is 0 Å². The van der Waals surface area contributed by atoms with Gasteiger partial charge in [0.15, 0.2) is 11.5 Å². The average Bonchev–Trinajstić information content (AvgIpc) is 2.17. The predicted molar refractivity (Wildman–Crippen MR) is 47.5 cm³/mol. The summed E-state index contributed by atoms with van der Waals surface area (Å²) >= 11 is 0. The van der Waals surface area contributed by atoms with Crippen LogP contribution in [0.5, 0.6) is 0 Å². The third-order valence-corrected chi connectivity index (χ3v) is 2.32. The molecule has 1 rings (SSSR count). The Kier molecular flexibility index (Phi) is 3.32. The first-order valence-corrected chi connectivity index (χ1v) is 5.23. The normalized spacial score (nSPS) is 11.4. The fourth-order valence-electron chi connectivity index (χ4n) is 0.749. The van der Waals surface area contributed by atoms with Crippen LogP contribution in [0.25, 0.3) is 0 Å². The smallest absolute Gasteiger partial charge is 0.358 e. The molecule has 0 bridgehead atoms. The largest absolute Gasteiger partial charge is 0.476 e. The molecule has 88 valence electrons. The van der Waals surface area contributed by atoms with Crippen molar-refractivity contribution in [1.29, 1.82) is 0 Å². The summed E-state index contributed by atoms with van der Waals surface area (Å²) in [6.07, 6.45) is 1.96. The van der Waals surface area contributed by atoms with E-state index in [9.17, 15) is 22.0 Å². The van der Waals surface area contributed by atoms with Gasteiger partial charge in [-0.25, -0.2) is 23.2 Å². The van der Waals surface area contributed by atoms with E-state index in [1.807, 2.05) is 0 Å². The molecular formula is C6H5F2N3O4S. The van der Waals surface area contributed by atoms with Gasteiger partial charge in [0.2, 0.25) is 0 Å². The Morgan fingerprint density at radius 2 is 1.94 bits per heavy atom. The standard InChI is InChI=1S/C6H5F2N3O4S/c7-6(8)16(14,15)11-4-3(5(12)13)9-1-2-10-4/h1-2,6H,(H,10,11)(H,12,13). The van der Waals surface area contributed by atoms with Gasteiger partial charge >= 0.3 is 11.7 Å². The van der Waals surface area contributed by atoms with Crippen molar-refractivity contribution in [3.05, 3.63) is 18.1 Å². The number of carboxylic acids is 1. The van der Waals surface area contributed by atoms with Crippen LogP contribution in [0.4, 0.5) is 14.6 Å². The van der Waals surface area contributed by atoms with Crippen LogP contribution < -0.4 is 4.72 Å². The third kappa shape index (κ3) is 2.59. The van der Waals surface area contributed by atoms with E-state index in [2.05, 4.69) is 9.97 Å². The van der Waals surface area contributed by atoms with Gasteiger partial charge in [-0.1, -0.05) is 0 Å². The van der Waals surface area contributed by atoms with Gasteiger partial charge in [0.25, 0.3) is 10.0 Å². The molecule has 0 atom stereocenters. The summed E-state index contributed by atoms with van der Waals surface area (Å²) < 4.78 is 46.8. The predicted octanol–water partition coefficient (Wildman–Crippen LogP) is 0.139. The number of halogens is 2. The first kappa shape index (κ1) is 12.2. The minimum Gasteiger partial charge on any atom is -0.476 e. The Bertz CT molecular complexity index is 504. The lowest BCUT2D eigenvalue weighted by Crippen LogP contribution is -2.23. The average molecular weight is 253 g/mol. The van der Waals surface area contributed by atoms with Crippen molar-refractivity contribution in [3.8, 4) is 0 Å². The summed E-state index contributed by atoms with van der Waals surface area (Å²) in [5.41, 5.74) is -0.758. The fraction of sp³-hybridized carbons (Fsp3) is 0.167. The first-order chi connectivity index (χ1) is 7.34. The van der Waals surface area contributed by atoms with Crippen molar-refractivity contribution in [2.45, 2.75) is 5.76 Å². The van der Waals surface area contributed by atoms with Crippen LogP contribution in [0, 0.1) is 0 Å². The van der Waals surface area contributed by atoms with E-state index in [1.165, 1.54) is 4.72 Å². The van der Waals surface area contributed by atoms with Gasteiger partial charge in [-0.05, 0) is 0 Å². The minimum atomic E-state index is -4.96. The molecule has 7 nitrogen and oxygen atoms in total. The molecule has 2 N–H and O–H groups in total. The lowest BCUT2D eigenvalue weighted by atomic mass is 10.4. The number of nitrogens with one attached hydrogen (secondary N) is 1. The SMILES string of the molecule is O=C(O)c1nccnc1NS(=O)(=O)C(F)F. The number of aromatic carboxylic acids is 1. The second kappa shape index (κ2) is 4.35. The lowest BCUT2D eigenvalue weighted by molar-refractivity contribution is 0.0691. The van der Waals surface area contributed by atoms with Gasteiger partial charge in [0, 0.05) is 12.4 Å². The molecule has 1 aromatic heterocycles. The number of sulfonamides is 1. The van der Waals surface area contributed by atoms with Gasteiger partial charge in [-0.2, -0.15) is 8.78 Å². The Hall–Kier alpha value is -1.84. The lowest BCUT2D eigenvalue weighted by Gasteiger charge is -2.07. The van der Waals surface area contributed by atoms with Crippen molar-refractivity contribution >= 4 is 21.8 Å². The van der Waals surface area contributed by atoms with Gasteiger partial charge < -0.3 is 5.11 Å². The van der Waals surface area contributed by atoms with E-state index in [4.69, 9.17) is 5.11 Å². The maximum atomic E-state index is 12.0. The summed E-state index contributed by atoms with van der Waals surface area (Å²) in [7, 11) is -4.96. The highest BCUT2D eigenvalue weighted by molar-refractivity contribution is 7.92. The Morgan fingerprint density at radius 3 is 2.44 bits per heavy atom. The van der Waals surface area contributed by atoms with Crippen molar-refractivity contribution in [2.24, 2.45) is 0 Å². The number of alkyl halides is 2. The molecule has 0 saturated carbocycles. The van der Waals surface area contributed by atoms with Crippen LogP contribution in [-0.2, 0) is 10.0 Å². The minimum absolute atomic E-state index is 0.754. The Morgan fingerprint density at radius 1 is 1.38 bits per heavy atom. The van der Waals surface area contributed by atoms with Crippen LogP contribution in [0.1, 0.15) is 10.5 Å². The third-order valence-electron chi connectivity index (χ3n) is 1.37. The van der Waals surface area contributed by atoms with Crippen LogP contribution in [0.15, 0.2) is 12.4 Å². The van der Waals surface area contributed by atoms with Crippen molar-refractivity contribution < 1.29 is 27.1 Å². The summed E-state index contributed by atoms with van der Waals surface area (Å²) in [6.45, 7) is 0. The number of aromatic nitrogens is 2. The van der Waals surface area contributed by atoms with Crippen LogP contribution in [0.2, 0.25) is 0 Å². The molecule has 0 aliphatic carbocycles. The van der Waals surface area contributed by atoms with Crippen molar-refractivity contribution in [2.75, 3.05) is 4.72 Å². The molecule has 0 fully saturated rings. The van der Waals surface area contributed by atoms with Gasteiger partial charge in [-0.3, -0.25) is 4.72 Å². The molecule has 10 heteroatoms. The molecule has 0 radical (unpaired) electrons. The van der Waals surface area contributed by atoms with Crippen molar-refractivity contribution in [3.63, 3.8) is 0 Å². The molecular weight excluding hydrogens is 248 g/mol. The van der Waals surface area contributed by atoms with Crippen LogP contribution in [0.3, 0.4) is 0 Å². The molecule has 0 aromatic carbocycles. The Balaban J connectivity index is 3.12. The fourth-order valence-corrected chi connectivity index (χ4v) is 1.26. The number of nitrogens with zero attached hydrogens (tertiary/aromatic N) is 2. The summed E-state index contributed by atoms with van der Waals surface area (Å²) in [4.78, 5) is 17.1. The molecule has 0 unspecified atom stereocenters. The van der Waals surface area contributed by atoms with Crippen molar-refractivity contribution in [1.82, 2.24) is 9.97 Å². The number of carboxylic acid groups (broad SMARTS) is 1. The highest BCUT2D eigenvalue weighted by atomic mass is 32.2. The topological polar surface area (TPSA) is 109 Å². The summed E-state index contributed by atoms with van der Waals surface area (Å²) in [5.74, 6) is -6.02. The highest BCUT2D eigenvalue weighted by Crippen LogP contribution is 2.13. The van der Waals surface area contributed by atoms with Gasteiger partial charge in [0.1, 0.15) is 0 Å². The van der Waals surface area contributed by atoms with Gasteiger partial charge in [-0.15, -0.1) is 0 Å².